The highest BCUT2D eigenvalue weighted by molar-refractivity contribution is 9.09. The Morgan fingerprint density at radius 1 is 0.895 bits per heavy atom. The lowest BCUT2D eigenvalue weighted by atomic mass is 10.0. The van der Waals surface area contributed by atoms with E-state index < -0.39 is 0 Å². The Hall–Kier alpha value is 0.400. The SMILES string of the molecule is CN(C)C1CCN(CCCCCCCCCBr)CC1. The number of piperidine rings is 1. The van der Waals surface area contributed by atoms with E-state index in [2.05, 4.69) is 39.8 Å². The van der Waals surface area contributed by atoms with Gasteiger partial charge in [-0.05, 0) is 59.4 Å². The van der Waals surface area contributed by atoms with Gasteiger partial charge in [-0.15, -0.1) is 0 Å². The molecule has 0 bridgehead atoms. The van der Waals surface area contributed by atoms with Crippen molar-refractivity contribution < 1.29 is 0 Å². The molecular weight excluding hydrogens is 300 g/mol. The summed E-state index contributed by atoms with van der Waals surface area (Å²) in [6, 6.07) is 0.825. The second kappa shape index (κ2) is 11.1. The first-order valence-corrected chi connectivity index (χ1v) is 9.31. The molecule has 2 nitrogen and oxygen atoms in total. The van der Waals surface area contributed by atoms with Crippen molar-refractivity contribution in [3.05, 3.63) is 0 Å². The zero-order valence-electron chi connectivity index (χ0n) is 13.0. The average molecular weight is 333 g/mol. The molecule has 0 saturated carbocycles. The minimum absolute atomic E-state index is 0.825. The number of likely N-dealkylation sites (tertiary alicyclic amines) is 1. The Bertz CT molecular complexity index is 201. The predicted molar refractivity (Wildman–Crippen MR) is 89.3 cm³/mol. The van der Waals surface area contributed by atoms with Gasteiger partial charge in [-0.2, -0.15) is 0 Å². The highest BCUT2D eigenvalue weighted by atomic mass is 79.9. The van der Waals surface area contributed by atoms with E-state index in [1.54, 1.807) is 0 Å². The second-order valence-electron chi connectivity index (χ2n) is 6.20. The van der Waals surface area contributed by atoms with Crippen molar-refractivity contribution in [2.24, 2.45) is 0 Å². The summed E-state index contributed by atoms with van der Waals surface area (Å²) in [4.78, 5) is 5.06. The molecule has 0 atom stereocenters. The smallest absolute Gasteiger partial charge is 0.0113 e. The molecule has 0 spiro atoms. The van der Waals surface area contributed by atoms with Gasteiger partial charge in [0.15, 0.2) is 0 Å². The molecule has 0 unspecified atom stereocenters. The average Bonchev–Trinajstić information content (AvgIpc) is 2.42. The number of unbranched alkanes of at least 4 members (excludes halogenated alkanes) is 6. The van der Waals surface area contributed by atoms with E-state index in [-0.39, 0.29) is 0 Å². The van der Waals surface area contributed by atoms with Crippen LogP contribution in [0.2, 0.25) is 0 Å². The van der Waals surface area contributed by atoms with Crippen molar-refractivity contribution in [1.29, 1.82) is 0 Å². The number of hydrogen-bond donors (Lipinski definition) is 0. The highest BCUT2D eigenvalue weighted by Crippen LogP contribution is 2.15. The second-order valence-corrected chi connectivity index (χ2v) is 6.99. The molecule has 3 heteroatoms. The van der Waals surface area contributed by atoms with Gasteiger partial charge in [0.1, 0.15) is 0 Å². The summed E-state index contributed by atoms with van der Waals surface area (Å²) in [5.41, 5.74) is 0. The minimum Gasteiger partial charge on any atom is -0.306 e. The lowest BCUT2D eigenvalue weighted by Gasteiger charge is -2.35. The first-order chi connectivity index (χ1) is 9.24. The van der Waals surface area contributed by atoms with Crippen LogP contribution in [0.4, 0.5) is 0 Å². The molecule has 0 aromatic heterocycles. The first-order valence-electron chi connectivity index (χ1n) is 8.19. The summed E-state index contributed by atoms with van der Waals surface area (Å²) in [6.45, 7) is 3.96. The summed E-state index contributed by atoms with van der Waals surface area (Å²) in [5.74, 6) is 0. The maximum atomic E-state index is 3.49. The summed E-state index contributed by atoms with van der Waals surface area (Å²) in [7, 11) is 4.44. The molecule has 1 aliphatic heterocycles. The normalized spacial score (nSPS) is 18.3. The van der Waals surface area contributed by atoms with Gasteiger partial charge in [0.25, 0.3) is 0 Å². The minimum atomic E-state index is 0.825. The number of hydrogen-bond acceptors (Lipinski definition) is 2. The Morgan fingerprint density at radius 2 is 1.42 bits per heavy atom. The molecule has 0 aromatic carbocycles. The lowest BCUT2D eigenvalue weighted by Crippen LogP contribution is -2.42. The van der Waals surface area contributed by atoms with Crippen molar-refractivity contribution in [2.75, 3.05) is 39.1 Å². The quantitative estimate of drug-likeness (QED) is 0.438. The predicted octanol–water partition coefficient (Wildman–Crippen LogP) is 4.14. The number of halogens is 1. The zero-order chi connectivity index (χ0) is 13.9. The fourth-order valence-electron chi connectivity index (χ4n) is 2.97. The zero-order valence-corrected chi connectivity index (χ0v) is 14.6. The molecule has 0 amide bonds. The maximum absolute atomic E-state index is 3.49. The van der Waals surface area contributed by atoms with Gasteiger partial charge in [0.2, 0.25) is 0 Å². The fraction of sp³-hybridized carbons (Fsp3) is 1.00. The molecule has 1 fully saturated rings. The molecule has 1 aliphatic rings. The highest BCUT2D eigenvalue weighted by Gasteiger charge is 2.19. The van der Waals surface area contributed by atoms with Crippen LogP contribution in [-0.2, 0) is 0 Å². The Morgan fingerprint density at radius 3 is 1.95 bits per heavy atom. The number of nitrogens with zero attached hydrogens (tertiary/aromatic N) is 2. The van der Waals surface area contributed by atoms with Crippen molar-refractivity contribution >= 4 is 15.9 Å². The third-order valence-electron chi connectivity index (χ3n) is 4.40. The van der Waals surface area contributed by atoms with E-state index in [9.17, 15) is 0 Å². The van der Waals surface area contributed by atoms with Gasteiger partial charge in [0.05, 0.1) is 0 Å². The Kier molecular flexibility index (Phi) is 10.2. The van der Waals surface area contributed by atoms with Gasteiger partial charge in [0, 0.05) is 11.4 Å². The van der Waals surface area contributed by atoms with Crippen LogP contribution < -0.4 is 0 Å². The molecule has 114 valence electrons. The van der Waals surface area contributed by atoms with Crippen LogP contribution in [-0.4, -0.2) is 54.9 Å². The Balaban J connectivity index is 1.88. The van der Waals surface area contributed by atoms with Crippen LogP contribution in [0.15, 0.2) is 0 Å². The molecule has 0 aromatic rings. The van der Waals surface area contributed by atoms with E-state index in [0.29, 0.717) is 0 Å². The van der Waals surface area contributed by atoms with Crippen LogP contribution in [0.25, 0.3) is 0 Å². The summed E-state index contributed by atoms with van der Waals surface area (Å²) in [5, 5.41) is 1.18. The summed E-state index contributed by atoms with van der Waals surface area (Å²) >= 11 is 3.49. The van der Waals surface area contributed by atoms with Crippen LogP contribution in [0, 0.1) is 0 Å². The van der Waals surface area contributed by atoms with Gasteiger partial charge in [-0.1, -0.05) is 48.0 Å². The van der Waals surface area contributed by atoms with Gasteiger partial charge < -0.3 is 9.80 Å². The van der Waals surface area contributed by atoms with Gasteiger partial charge >= 0.3 is 0 Å². The number of rotatable bonds is 10. The van der Waals surface area contributed by atoms with Crippen molar-refractivity contribution in [3.8, 4) is 0 Å². The Labute approximate surface area is 129 Å². The van der Waals surface area contributed by atoms with Crippen molar-refractivity contribution in [3.63, 3.8) is 0 Å². The van der Waals surface area contributed by atoms with Crippen molar-refractivity contribution in [1.82, 2.24) is 9.80 Å². The molecule has 1 heterocycles. The van der Waals surface area contributed by atoms with E-state index in [0.717, 1.165) is 6.04 Å². The third-order valence-corrected chi connectivity index (χ3v) is 4.96. The van der Waals surface area contributed by atoms with E-state index >= 15 is 0 Å². The van der Waals surface area contributed by atoms with E-state index in [4.69, 9.17) is 0 Å². The maximum Gasteiger partial charge on any atom is 0.0113 e. The standard InChI is InChI=1S/C16H33BrN2/c1-18(2)16-10-14-19(15-11-16)13-9-7-5-3-4-6-8-12-17/h16H,3-15H2,1-2H3. The molecular formula is C16H33BrN2. The van der Waals surface area contributed by atoms with Crippen LogP contribution >= 0.6 is 15.9 Å². The summed E-state index contributed by atoms with van der Waals surface area (Å²) < 4.78 is 0. The van der Waals surface area contributed by atoms with Crippen LogP contribution in [0.5, 0.6) is 0 Å². The van der Waals surface area contributed by atoms with E-state index in [1.807, 2.05) is 0 Å². The molecule has 1 rings (SSSR count). The summed E-state index contributed by atoms with van der Waals surface area (Å²) in [6.07, 6.45) is 12.6. The number of alkyl halides is 1. The largest absolute Gasteiger partial charge is 0.306 e. The third kappa shape index (κ3) is 8.31. The van der Waals surface area contributed by atoms with Crippen molar-refractivity contribution in [2.45, 2.75) is 63.8 Å². The molecule has 0 radical (unpaired) electrons. The molecule has 0 N–H and O–H groups in total. The molecule has 1 saturated heterocycles. The van der Waals surface area contributed by atoms with Gasteiger partial charge in [-0.3, -0.25) is 0 Å². The molecule has 0 aliphatic carbocycles. The van der Waals surface area contributed by atoms with Gasteiger partial charge in [-0.25, -0.2) is 0 Å². The fourth-order valence-corrected chi connectivity index (χ4v) is 3.37. The lowest BCUT2D eigenvalue weighted by molar-refractivity contribution is 0.143. The molecule has 19 heavy (non-hydrogen) atoms. The van der Waals surface area contributed by atoms with Crippen LogP contribution in [0.1, 0.15) is 57.8 Å². The first kappa shape index (κ1) is 17.5. The van der Waals surface area contributed by atoms with E-state index in [1.165, 1.54) is 82.8 Å². The topological polar surface area (TPSA) is 6.48 Å². The monoisotopic (exact) mass is 332 g/mol. The van der Waals surface area contributed by atoms with Crippen LogP contribution in [0.3, 0.4) is 0 Å².